The van der Waals surface area contributed by atoms with Crippen molar-refractivity contribution in [3.05, 3.63) is 30.3 Å². The van der Waals surface area contributed by atoms with E-state index in [0.29, 0.717) is 10.6 Å². The van der Waals surface area contributed by atoms with Gasteiger partial charge in [0.05, 0.1) is 9.73 Å². The first-order chi connectivity index (χ1) is 5.17. The van der Waals surface area contributed by atoms with Crippen LogP contribution < -0.4 is 0 Å². The van der Waals surface area contributed by atoms with Crippen LogP contribution in [0.1, 0.15) is 6.92 Å². The highest BCUT2D eigenvalue weighted by Crippen LogP contribution is 2.09. The molecule has 0 aliphatic heterocycles. The summed E-state index contributed by atoms with van der Waals surface area (Å²) < 4.78 is 18.9. The summed E-state index contributed by atoms with van der Waals surface area (Å²) in [5.41, 5.74) is 0. The van der Waals surface area contributed by atoms with Crippen LogP contribution in [0.5, 0.6) is 0 Å². The third-order valence-electron chi connectivity index (χ3n) is 1.53. The molecule has 1 unspecified atom stereocenters. The van der Waals surface area contributed by atoms with E-state index in [1.165, 1.54) is 0 Å². The highest BCUT2D eigenvalue weighted by Gasteiger charge is 2.04. The highest BCUT2D eigenvalue weighted by molar-refractivity contribution is 7.92. The second kappa shape index (κ2) is 3.05. The summed E-state index contributed by atoms with van der Waals surface area (Å²) in [6, 6.07) is 8.94. The van der Waals surface area contributed by atoms with Gasteiger partial charge in [-0.15, -0.1) is 0 Å². The number of nitrogens with one attached hydrogen (secondary N) is 1. The van der Waals surface area contributed by atoms with E-state index in [1.54, 1.807) is 31.2 Å². The van der Waals surface area contributed by atoms with Crippen LogP contribution in [0.15, 0.2) is 35.2 Å². The van der Waals surface area contributed by atoms with Crippen LogP contribution in [0, 0.1) is 4.78 Å². The normalized spacial score (nSPS) is 15.7. The van der Waals surface area contributed by atoms with Crippen LogP contribution >= 0.6 is 0 Å². The Hall–Kier alpha value is -0.830. The molecule has 0 fully saturated rings. The molecule has 1 atom stereocenters. The molecule has 60 valence electrons. The van der Waals surface area contributed by atoms with E-state index in [9.17, 15) is 4.21 Å². The maximum absolute atomic E-state index is 11.4. The fourth-order valence-electron chi connectivity index (χ4n) is 0.807. The van der Waals surface area contributed by atoms with Gasteiger partial charge in [-0.2, -0.15) is 0 Å². The average Bonchev–Trinajstić information content (AvgIpc) is 2.06. The van der Waals surface area contributed by atoms with E-state index < -0.39 is 9.73 Å². The molecule has 1 rings (SSSR count). The lowest BCUT2D eigenvalue weighted by Crippen LogP contribution is -2.00. The molecule has 0 aliphatic carbocycles. The lowest BCUT2D eigenvalue weighted by Gasteiger charge is -2.02. The Morgan fingerprint density at radius 2 is 1.91 bits per heavy atom. The number of rotatable bonds is 2. The van der Waals surface area contributed by atoms with Gasteiger partial charge in [0.2, 0.25) is 0 Å². The van der Waals surface area contributed by atoms with Gasteiger partial charge in [-0.3, -0.25) is 0 Å². The number of hydrogen-bond donors (Lipinski definition) is 1. The molecule has 1 N–H and O–H groups in total. The molecule has 1 aromatic carbocycles. The van der Waals surface area contributed by atoms with E-state index >= 15 is 0 Å². The van der Waals surface area contributed by atoms with Gasteiger partial charge in [0, 0.05) is 10.6 Å². The van der Waals surface area contributed by atoms with Gasteiger partial charge < -0.3 is 0 Å². The molecule has 0 amide bonds. The van der Waals surface area contributed by atoms with Gasteiger partial charge in [-0.05, 0) is 12.1 Å². The van der Waals surface area contributed by atoms with E-state index in [1.807, 2.05) is 6.07 Å². The van der Waals surface area contributed by atoms with Crippen molar-refractivity contribution >= 4 is 9.73 Å². The molecule has 11 heavy (non-hydrogen) atoms. The van der Waals surface area contributed by atoms with E-state index in [4.69, 9.17) is 4.78 Å². The van der Waals surface area contributed by atoms with Crippen LogP contribution in [0.3, 0.4) is 0 Å². The third kappa shape index (κ3) is 1.80. The topological polar surface area (TPSA) is 40.9 Å². The Labute approximate surface area is 67.2 Å². The summed E-state index contributed by atoms with van der Waals surface area (Å²) in [6.07, 6.45) is 0. The minimum atomic E-state index is -2.50. The van der Waals surface area contributed by atoms with Crippen molar-refractivity contribution in [2.45, 2.75) is 11.8 Å². The molecule has 0 saturated carbocycles. The Kier molecular flexibility index (Phi) is 2.29. The molecule has 0 saturated heterocycles. The first-order valence-corrected chi connectivity index (χ1v) is 5.21. The summed E-state index contributed by atoms with van der Waals surface area (Å²) in [5.74, 6) is 0.386. The zero-order chi connectivity index (χ0) is 8.32. The predicted octanol–water partition coefficient (Wildman–Crippen LogP) is 2.11. The summed E-state index contributed by atoms with van der Waals surface area (Å²) in [7, 11) is -2.50. The minimum Gasteiger partial charge on any atom is -0.249 e. The van der Waals surface area contributed by atoms with Crippen molar-refractivity contribution in [3.8, 4) is 0 Å². The molecular weight excluding hydrogens is 158 g/mol. The van der Waals surface area contributed by atoms with Crippen molar-refractivity contribution in [2.75, 3.05) is 5.75 Å². The first kappa shape index (κ1) is 8.27. The van der Waals surface area contributed by atoms with E-state index in [0.717, 1.165) is 0 Å². The highest BCUT2D eigenvalue weighted by atomic mass is 32.2. The third-order valence-corrected chi connectivity index (χ3v) is 3.38. The quantitative estimate of drug-likeness (QED) is 0.723. The maximum atomic E-state index is 11.4. The van der Waals surface area contributed by atoms with Gasteiger partial charge in [0.15, 0.2) is 0 Å². The van der Waals surface area contributed by atoms with Crippen LogP contribution in [-0.2, 0) is 9.73 Å². The predicted molar refractivity (Wildman–Crippen MR) is 46.1 cm³/mol. The van der Waals surface area contributed by atoms with Gasteiger partial charge in [0.1, 0.15) is 0 Å². The van der Waals surface area contributed by atoms with Gasteiger partial charge in [-0.1, -0.05) is 25.1 Å². The molecule has 3 heteroatoms. The molecule has 0 aliphatic rings. The van der Waals surface area contributed by atoms with Crippen molar-refractivity contribution in [2.24, 2.45) is 0 Å². The van der Waals surface area contributed by atoms with Crippen molar-refractivity contribution in [1.82, 2.24) is 0 Å². The van der Waals surface area contributed by atoms with Crippen molar-refractivity contribution in [3.63, 3.8) is 0 Å². The van der Waals surface area contributed by atoms with Crippen molar-refractivity contribution in [1.29, 1.82) is 4.78 Å². The molecule has 0 bridgehead atoms. The average molecular weight is 169 g/mol. The van der Waals surface area contributed by atoms with Gasteiger partial charge in [0.25, 0.3) is 0 Å². The first-order valence-electron chi connectivity index (χ1n) is 3.48. The number of benzene rings is 1. The minimum absolute atomic E-state index is 0.386. The van der Waals surface area contributed by atoms with Crippen LogP contribution in [-0.4, -0.2) is 9.96 Å². The summed E-state index contributed by atoms with van der Waals surface area (Å²) >= 11 is 0. The Balaban J connectivity index is 3.14. The maximum Gasteiger partial charge on any atom is 0.0723 e. The lowest BCUT2D eigenvalue weighted by molar-refractivity contribution is 0.675. The molecule has 0 heterocycles. The van der Waals surface area contributed by atoms with Crippen LogP contribution in [0.4, 0.5) is 0 Å². The van der Waals surface area contributed by atoms with Crippen LogP contribution in [0.2, 0.25) is 0 Å². The van der Waals surface area contributed by atoms with Crippen molar-refractivity contribution < 1.29 is 4.21 Å². The summed E-state index contributed by atoms with van der Waals surface area (Å²) in [5, 5.41) is 0. The standard InChI is InChI=1S/C8H11NOS/c1-2-11(9,10)8-6-4-3-5-7-8/h3-7,9H,2H2,1H3. The SMILES string of the molecule is CCS(=N)(=O)c1ccccc1. The fraction of sp³-hybridized carbons (Fsp3) is 0.250. The van der Waals surface area contributed by atoms with Gasteiger partial charge >= 0.3 is 0 Å². The van der Waals surface area contributed by atoms with E-state index in [2.05, 4.69) is 0 Å². The zero-order valence-electron chi connectivity index (χ0n) is 6.41. The zero-order valence-corrected chi connectivity index (χ0v) is 7.23. The van der Waals surface area contributed by atoms with Crippen LogP contribution in [0.25, 0.3) is 0 Å². The Bertz CT molecular complexity index is 315. The second-order valence-electron chi connectivity index (χ2n) is 2.28. The molecular formula is C8H11NOS. The monoisotopic (exact) mass is 169 g/mol. The number of hydrogen-bond acceptors (Lipinski definition) is 2. The largest absolute Gasteiger partial charge is 0.249 e. The molecule has 0 radical (unpaired) electrons. The Morgan fingerprint density at radius 3 is 2.36 bits per heavy atom. The fourth-order valence-corrected chi connectivity index (χ4v) is 1.74. The molecule has 2 nitrogen and oxygen atoms in total. The lowest BCUT2D eigenvalue weighted by atomic mass is 10.4. The second-order valence-corrected chi connectivity index (χ2v) is 4.68. The summed E-state index contributed by atoms with van der Waals surface area (Å²) in [6.45, 7) is 1.77. The summed E-state index contributed by atoms with van der Waals surface area (Å²) in [4.78, 5) is 0.627. The van der Waals surface area contributed by atoms with E-state index in [-0.39, 0.29) is 0 Å². The van der Waals surface area contributed by atoms with Gasteiger partial charge in [-0.25, -0.2) is 8.99 Å². The Morgan fingerprint density at radius 1 is 1.36 bits per heavy atom. The molecule has 0 spiro atoms. The smallest absolute Gasteiger partial charge is 0.0723 e. The molecule has 1 aromatic rings. The molecule has 0 aromatic heterocycles.